The molecule has 0 spiro atoms. The largest absolute Gasteiger partial charge is 0.492 e. The van der Waals surface area contributed by atoms with Gasteiger partial charge in [0.2, 0.25) is 12.5 Å². The molecule has 2 heterocycles. The van der Waals surface area contributed by atoms with Crippen molar-refractivity contribution >= 4 is 0 Å². The van der Waals surface area contributed by atoms with Crippen LogP contribution in [0.25, 0.3) is 11.1 Å². The van der Waals surface area contributed by atoms with Crippen molar-refractivity contribution in [1.82, 2.24) is 4.90 Å². The summed E-state index contributed by atoms with van der Waals surface area (Å²) in [6.45, 7) is 1.45. The number of methoxy groups -OCH3 is 1. The fourth-order valence-corrected chi connectivity index (χ4v) is 4.25. The van der Waals surface area contributed by atoms with Gasteiger partial charge < -0.3 is 18.9 Å². The van der Waals surface area contributed by atoms with Crippen molar-refractivity contribution in [3.05, 3.63) is 71.8 Å². The Morgan fingerprint density at radius 1 is 1.03 bits per heavy atom. The highest BCUT2D eigenvalue weighted by Gasteiger charge is 2.33. The summed E-state index contributed by atoms with van der Waals surface area (Å²) in [5.74, 6) is 9.52. The lowest BCUT2D eigenvalue weighted by Crippen LogP contribution is -2.31. The highest BCUT2D eigenvalue weighted by atomic mass is 16.7. The highest BCUT2D eigenvalue weighted by molar-refractivity contribution is 5.64. The maximum atomic E-state index is 5.87. The molecular weight excluding hydrogens is 402 g/mol. The number of likely N-dealkylation sites (N-methyl/N-ethyl adjacent to an activating group) is 1. The third-order valence-electron chi connectivity index (χ3n) is 5.91. The maximum Gasteiger partial charge on any atom is 0.231 e. The SMILES string of the molecule is COc1c2c(cc3c1C(C#CCOc1ccc(-c4ccccc4)cc1)N(C)CC3)OCO2. The predicted molar refractivity (Wildman–Crippen MR) is 123 cm³/mol. The standard InChI is InChI=1S/C27H25NO4/c1-28-15-14-21-17-24-26(32-18-31-24)27(29-2)25(21)23(28)9-6-16-30-22-12-10-20(11-13-22)19-7-4-3-5-8-19/h3-5,7-8,10-13,17,23H,14-16,18H2,1-2H3. The average Bonchev–Trinajstić information content (AvgIpc) is 3.31. The lowest BCUT2D eigenvalue weighted by Gasteiger charge is -2.32. The molecule has 0 fully saturated rings. The topological polar surface area (TPSA) is 40.2 Å². The first kappa shape index (κ1) is 20.3. The first-order valence-electron chi connectivity index (χ1n) is 10.7. The Hall–Kier alpha value is -3.62. The predicted octanol–water partition coefficient (Wildman–Crippen LogP) is 4.70. The number of fused-ring (bicyclic) bond motifs is 2. The zero-order valence-electron chi connectivity index (χ0n) is 18.3. The minimum Gasteiger partial charge on any atom is -0.492 e. The molecule has 0 radical (unpaired) electrons. The van der Waals surface area contributed by atoms with Gasteiger partial charge in [-0.3, -0.25) is 4.90 Å². The third kappa shape index (κ3) is 3.86. The zero-order chi connectivity index (χ0) is 21.9. The van der Waals surface area contributed by atoms with Crippen LogP contribution in [0.4, 0.5) is 0 Å². The van der Waals surface area contributed by atoms with Crippen molar-refractivity contribution in [2.24, 2.45) is 0 Å². The van der Waals surface area contributed by atoms with Gasteiger partial charge in [0, 0.05) is 12.1 Å². The second-order valence-electron chi connectivity index (χ2n) is 7.85. The van der Waals surface area contributed by atoms with Crippen molar-refractivity contribution in [3.63, 3.8) is 0 Å². The van der Waals surface area contributed by atoms with Crippen LogP contribution in [-0.4, -0.2) is 39.0 Å². The summed E-state index contributed by atoms with van der Waals surface area (Å²) in [6.07, 6.45) is 0.918. The molecule has 0 saturated heterocycles. The van der Waals surface area contributed by atoms with E-state index < -0.39 is 0 Å². The van der Waals surface area contributed by atoms with Gasteiger partial charge in [-0.25, -0.2) is 0 Å². The number of hydrogen-bond acceptors (Lipinski definition) is 5. The Kier molecular flexibility index (Phi) is 5.62. The molecule has 5 heteroatoms. The summed E-state index contributed by atoms with van der Waals surface area (Å²) in [5, 5.41) is 0. The van der Waals surface area contributed by atoms with Crippen LogP contribution >= 0.6 is 0 Å². The van der Waals surface area contributed by atoms with Crippen LogP contribution in [0, 0.1) is 11.8 Å². The molecule has 0 bridgehead atoms. The van der Waals surface area contributed by atoms with Crippen LogP contribution in [0.5, 0.6) is 23.0 Å². The summed E-state index contributed by atoms with van der Waals surface area (Å²) in [5.41, 5.74) is 4.61. The van der Waals surface area contributed by atoms with Crippen LogP contribution in [-0.2, 0) is 6.42 Å². The molecule has 0 aliphatic carbocycles. The van der Waals surface area contributed by atoms with Crippen molar-refractivity contribution < 1.29 is 18.9 Å². The first-order valence-corrected chi connectivity index (χ1v) is 10.7. The van der Waals surface area contributed by atoms with Crippen molar-refractivity contribution in [1.29, 1.82) is 0 Å². The molecule has 1 atom stereocenters. The van der Waals surface area contributed by atoms with E-state index in [0.717, 1.165) is 41.3 Å². The van der Waals surface area contributed by atoms with E-state index in [1.165, 1.54) is 11.1 Å². The Morgan fingerprint density at radius 3 is 2.59 bits per heavy atom. The minimum atomic E-state index is -0.0905. The zero-order valence-corrected chi connectivity index (χ0v) is 18.3. The van der Waals surface area contributed by atoms with Crippen LogP contribution in [0.2, 0.25) is 0 Å². The number of hydrogen-bond donors (Lipinski definition) is 0. The van der Waals surface area contributed by atoms with Gasteiger partial charge in [0.05, 0.1) is 7.11 Å². The van der Waals surface area contributed by atoms with Gasteiger partial charge in [-0.2, -0.15) is 0 Å². The van der Waals surface area contributed by atoms with Crippen LogP contribution in [0.1, 0.15) is 17.2 Å². The average molecular weight is 428 g/mol. The Morgan fingerprint density at radius 2 is 1.81 bits per heavy atom. The van der Waals surface area contributed by atoms with Gasteiger partial charge in [-0.1, -0.05) is 54.3 Å². The summed E-state index contributed by atoms with van der Waals surface area (Å²) in [7, 11) is 3.74. The molecular formula is C27H25NO4. The lowest BCUT2D eigenvalue weighted by molar-refractivity contribution is 0.171. The summed E-state index contributed by atoms with van der Waals surface area (Å²) in [6, 6.07) is 20.4. The van der Waals surface area contributed by atoms with Gasteiger partial charge in [-0.15, -0.1) is 0 Å². The van der Waals surface area contributed by atoms with Gasteiger partial charge in [0.1, 0.15) is 18.4 Å². The van der Waals surface area contributed by atoms with E-state index in [1.807, 2.05) is 30.3 Å². The highest BCUT2D eigenvalue weighted by Crippen LogP contribution is 2.49. The molecule has 3 aromatic carbocycles. The van der Waals surface area contributed by atoms with Gasteiger partial charge in [-0.05, 0) is 48.4 Å². The molecule has 0 aromatic heterocycles. The molecule has 5 rings (SSSR count). The molecule has 0 amide bonds. The number of rotatable bonds is 4. The van der Waals surface area contributed by atoms with Crippen molar-refractivity contribution in [2.45, 2.75) is 12.5 Å². The first-order chi connectivity index (χ1) is 15.7. The molecule has 0 saturated carbocycles. The number of nitrogens with zero attached hydrogens (tertiary/aromatic N) is 1. The Labute approximate surface area is 188 Å². The molecule has 162 valence electrons. The summed E-state index contributed by atoms with van der Waals surface area (Å²) in [4.78, 5) is 2.23. The number of ether oxygens (including phenoxy) is 4. The maximum absolute atomic E-state index is 5.87. The van der Waals surface area contributed by atoms with Crippen molar-refractivity contribution in [3.8, 4) is 46.0 Å². The van der Waals surface area contributed by atoms with Gasteiger partial charge in [0.15, 0.2) is 11.5 Å². The molecule has 2 aliphatic heterocycles. The van der Waals surface area contributed by atoms with E-state index in [2.05, 4.69) is 54.1 Å². The van der Waals surface area contributed by atoms with Gasteiger partial charge >= 0.3 is 0 Å². The van der Waals surface area contributed by atoms with E-state index >= 15 is 0 Å². The molecule has 1 unspecified atom stereocenters. The Balaban J connectivity index is 1.31. The molecule has 3 aromatic rings. The fourth-order valence-electron chi connectivity index (χ4n) is 4.25. The van der Waals surface area contributed by atoms with Crippen LogP contribution in [0.3, 0.4) is 0 Å². The van der Waals surface area contributed by atoms with Crippen molar-refractivity contribution in [2.75, 3.05) is 34.1 Å². The quantitative estimate of drug-likeness (QED) is 0.565. The van der Waals surface area contributed by atoms with E-state index in [-0.39, 0.29) is 12.8 Å². The number of benzene rings is 3. The van der Waals surface area contributed by atoms with Gasteiger partial charge in [0.25, 0.3) is 0 Å². The summed E-state index contributed by atoms with van der Waals surface area (Å²) < 4.78 is 22.8. The molecule has 2 aliphatic rings. The second kappa shape index (κ2) is 8.86. The van der Waals surface area contributed by atoms with E-state index in [1.54, 1.807) is 7.11 Å². The molecule has 5 nitrogen and oxygen atoms in total. The fraction of sp³-hybridized carbons (Fsp3) is 0.259. The van der Waals surface area contributed by atoms with E-state index in [0.29, 0.717) is 12.4 Å². The normalized spacial score (nSPS) is 16.6. The second-order valence-corrected chi connectivity index (χ2v) is 7.85. The third-order valence-corrected chi connectivity index (χ3v) is 5.91. The molecule has 32 heavy (non-hydrogen) atoms. The summed E-state index contributed by atoms with van der Waals surface area (Å²) >= 11 is 0. The van der Waals surface area contributed by atoms with E-state index in [9.17, 15) is 0 Å². The van der Waals surface area contributed by atoms with Crippen LogP contribution in [0.15, 0.2) is 60.7 Å². The minimum absolute atomic E-state index is 0.0905. The lowest BCUT2D eigenvalue weighted by atomic mass is 9.91. The molecule has 0 N–H and O–H groups in total. The monoisotopic (exact) mass is 427 g/mol. The smallest absolute Gasteiger partial charge is 0.231 e. The Bertz CT molecular complexity index is 1160. The van der Waals surface area contributed by atoms with Crippen LogP contribution < -0.4 is 18.9 Å². The van der Waals surface area contributed by atoms with E-state index in [4.69, 9.17) is 18.9 Å².